The maximum atomic E-state index is 11.7. The Bertz CT molecular complexity index is 826. The molecule has 0 radical (unpaired) electrons. The van der Waals surface area contributed by atoms with Gasteiger partial charge in [-0.1, -0.05) is 57.4 Å². The molecule has 31 heavy (non-hydrogen) atoms. The second-order valence-corrected chi connectivity index (χ2v) is 6.98. The third kappa shape index (κ3) is 10.3. The first-order valence-electron chi connectivity index (χ1n) is 10.4. The van der Waals surface area contributed by atoms with Gasteiger partial charge in [0.1, 0.15) is 17.1 Å². The predicted molar refractivity (Wildman–Crippen MR) is 121 cm³/mol. The standard InChI is InChI=1S/C18H26O3.C7H6O3/c1-4-6-7-15(5-2)14-21-18(19)13-10-16-8-11-17(20-3)12-9-16;8-6-4-2-1-3-5(6)7(9)10/h8-13,15H,4-7,14H2,1-3H3;1-4,8H,(H,9,10)/b13-10+;. The number of aromatic hydroxyl groups is 1. The van der Waals surface area contributed by atoms with Gasteiger partial charge in [-0.15, -0.1) is 0 Å². The summed E-state index contributed by atoms with van der Waals surface area (Å²) in [6, 6.07) is 13.3. The van der Waals surface area contributed by atoms with Crippen LogP contribution < -0.4 is 4.74 Å². The van der Waals surface area contributed by atoms with E-state index in [1.807, 2.05) is 24.3 Å². The lowest BCUT2D eigenvalue weighted by molar-refractivity contribution is -0.139. The highest BCUT2D eigenvalue weighted by Crippen LogP contribution is 2.15. The minimum atomic E-state index is -1.11. The van der Waals surface area contributed by atoms with Crippen molar-refractivity contribution >= 4 is 18.0 Å². The van der Waals surface area contributed by atoms with Gasteiger partial charge in [0, 0.05) is 6.08 Å². The first-order valence-corrected chi connectivity index (χ1v) is 10.4. The maximum Gasteiger partial charge on any atom is 0.339 e. The normalized spacial score (nSPS) is 11.3. The molecule has 2 aromatic rings. The molecule has 0 spiro atoms. The third-order valence-electron chi connectivity index (χ3n) is 4.67. The minimum absolute atomic E-state index is 0.0671. The fourth-order valence-electron chi connectivity index (χ4n) is 2.68. The van der Waals surface area contributed by atoms with Crippen molar-refractivity contribution in [3.05, 3.63) is 65.7 Å². The van der Waals surface area contributed by atoms with Crippen LogP contribution in [0.4, 0.5) is 0 Å². The average Bonchev–Trinajstić information content (AvgIpc) is 2.78. The molecule has 0 aromatic heterocycles. The molecule has 6 nitrogen and oxygen atoms in total. The number of carbonyl (C=O) groups excluding carboxylic acids is 1. The number of carboxylic acids is 1. The lowest BCUT2D eigenvalue weighted by Crippen LogP contribution is -2.12. The first kappa shape index (κ1) is 25.8. The van der Waals surface area contributed by atoms with Gasteiger partial charge in [-0.05, 0) is 48.2 Å². The molecule has 6 heteroatoms. The summed E-state index contributed by atoms with van der Waals surface area (Å²) in [5, 5.41) is 17.3. The van der Waals surface area contributed by atoms with Gasteiger partial charge < -0.3 is 19.7 Å². The molecule has 2 rings (SSSR count). The summed E-state index contributed by atoms with van der Waals surface area (Å²) in [4.78, 5) is 22.0. The molecule has 0 saturated carbocycles. The molecule has 0 aliphatic carbocycles. The molecule has 1 unspecified atom stereocenters. The molecule has 0 amide bonds. The Morgan fingerprint density at radius 3 is 2.26 bits per heavy atom. The number of rotatable bonds is 10. The van der Waals surface area contributed by atoms with Gasteiger partial charge in [-0.25, -0.2) is 9.59 Å². The van der Waals surface area contributed by atoms with Crippen molar-refractivity contribution in [2.75, 3.05) is 13.7 Å². The number of phenols is 1. The SMILES string of the molecule is CCCCC(CC)COC(=O)/C=C/c1ccc(OC)cc1.O=C(O)c1ccccc1O. The van der Waals surface area contributed by atoms with Crippen LogP contribution in [0.5, 0.6) is 11.5 Å². The number of para-hydroxylation sites is 1. The zero-order chi connectivity index (χ0) is 23.1. The van der Waals surface area contributed by atoms with Gasteiger partial charge in [0.15, 0.2) is 0 Å². The van der Waals surface area contributed by atoms with E-state index in [1.165, 1.54) is 31.1 Å². The van der Waals surface area contributed by atoms with Crippen molar-refractivity contribution in [2.24, 2.45) is 5.92 Å². The highest BCUT2D eigenvalue weighted by molar-refractivity contribution is 5.90. The third-order valence-corrected chi connectivity index (χ3v) is 4.67. The number of hydrogen-bond donors (Lipinski definition) is 2. The van der Waals surface area contributed by atoms with Crippen LogP contribution in [0.3, 0.4) is 0 Å². The van der Waals surface area contributed by atoms with E-state index >= 15 is 0 Å². The number of ether oxygens (including phenoxy) is 2. The number of aromatic carboxylic acids is 1. The van der Waals surface area contributed by atoms with Gasteiger partial charge in [-0.2, -0.15) is 0 Å². The van der Waals surface area contributed by atoms with Crippen LogP contribution in [0.1, 0.15) is 55.5 Å². The van der Waals surface area contributed by atoms with Crippen molar-refractivity contribution in [1.29, 1.82) is 0 Å². The minimum Gasteiger partial charge on any atom is -0.507 e. The summed E-state index contributed by atoms with van der Waals surface area (Å²) >= 11 is 0. The van der Waals surface area contributed by atoms with Gasteiger partial charge >= 0.3 is 11.9 Å². The Balaban J connectivity index is 0.000000399. The second kappa shape index (κ2) is 14.7. The first-order chi connectivity index (χ1) is 14.9. The predicted octanol–water partition coefficient (Wildman–Crippen LogP) is 5.56. The lowest BCUT2D eigenvalue weighted by Gasteiger charge is -2.13. The van der Waals surface area contributed by atoms with Gasteiger partial charge in [0.25, 0.3) is 0 Å². The number of unbranched alkanes of at least 4 members (excludes halogenated alkanes) is 1. The average molecular weight is 429 g/mol. The molecule has 0 aliphatic heterocycles. The maximum absolute atomic E-state index is 11.7. The van der Waals surface area contributed by atoms with E-state index in [0.717, 1.165) is 24.2 Å². The number of carbonyl (C=O) groups is 2. The van der Waals surface area contributed by atoms with Crippen LogP contribution in [0, 0.1) is 5.92 Å². The van der Waals surface area contributed by atoms with Crippen molar-refractivity contribution in [2.45, 2.75) is 39.5 Å². The molecule has 2 N–H and O–H groups in total. The highest BCUT2D eigenvalue weighted by Gasteiger charge is 2.08. The summed E-state index contributed by atoms with van der Waals surface area (Å²) in [5.74, 6) is -0.311. The smallest absolute Gasteiger partial charge is 0.339 e. The lowest BCUT2D eigenvalue weighted by atomic mass is 10.0. The molecule has 2 aromatic carbocycles. The van der Waals surface area contributed by atoms with Crippen LogP contribution in [0.25, 0.3) is 6.08 Å². The van der Waals surface area contributed by atoms with Gasteiger partial charge in [0.05, 0.1) is 13.7 Å². The van der Waals surface area contributed by atoms with Crippen LogP contribution in [-0.2, 0) is 9.53 Å². The molecule has 0 heterocycles. The number of hydrogen-bond acceptors (Lipinski definition) is 5. The molecular formula is C25H32O6. The zero-order valence-corrected chi connectivity index (χ0v) is 18.4. The Kier molecular flexibility index (Phi) is 12.2. The van der Waals surface area contributed by atoms with E-state index < -0.39 is 5.97 Å². The van der Waals surface area contributed by atoms with Crippen LogP contribution in [-0.4, -0.2) is 35.9 Å². The van der Waals surface area contributed by atoms with Crippen LogP contribution >= 0.6 is 0 Å². The fraction of sp³-hybridized carbons (Fsp3) is 0.360. The van der Waals surface area contributed by atoms with E-state index in [0.29, 0.717) is 12.5 Å². The van der Waals surface area contributed by atoms with Crippen LogP contribution in [0.2, 0.25) is 0 Å². The Labute approximate surface area is 184 Å². The Morgan fingerprint density at radius 1 is 1.06 bits per heavy atom. The van der Waals surface area contributed by atoms with E-state index in [9.17, 15) is 9.59 Å². The second-order valence-electron chi connectivity index (χ2n) is 6.98. The van der Waals surface area contributed by atoms with Crippen molar-refractivity contribution in [3.8, 4) is 11.5 Å². The van der Waals surface area contributed by atoms with Crippen molar-refractivity contribution in [3.63, 3.8) is 0 Å². The van der Waals surface area contributed by atoms with E-state index in [-0.39, 0.29) is 17.3 Å². The van der Waals surface area contributed by atoms with E-state index in [4.69, 9.17) is 19.7 Å². The molecule has 0 saturated heterocycles. The van der Waals surface area contributed by atoms with Crippen molar-refractivity contribution < 1.29 is 29.3 Å². The molecule has 1 atom stereocenters. The summed E-state index contributed by atoms with van der Waals surface area (Å²) in [5.41, 5.74) is 0.883. The molecular weight excluding hydrogens is 396 g/mol. The number of carboxylic acid groups (broad SMARTS) is 1. The fourth-order valence-corrected chi connectivity index (χ4v) is 2.68. The quantitative estimate of drug-likeness (QED) is 0.380. The van der Waals surface area contributed by atoms with Crippen LogP contribution in [0.15, 0.2) is 54.6 Å². The number of benzene rings is 2. The van der Waals surface area contributed by atoms with Gasteiger partial charge in [-0.3, -0.25) is 0 Å². The summed E-state index contributed by atoms with van der Waals surface area (Å²) in [7, 11) is 1.63. The molecule has 168 valence electrons. The summed E-state index contributed by atoms with van der Waals surface area (Å²) < 4.78 is 10.4. The Morgan fingerprint density at radius 2 is 1.74 bits per heavy atom. The largest absolute Gasteiger partial charge is 0.507 e. The van der Waals surface area contributed by atoms with Gasteiger partial charge in [0.2, 0.25) is 0 Å². The monoisotopic (exact) mass is 428 g/mol. The van der Waals surface area contributed by atoms with Crippen molar-refractivity contribution in [1.82, 2.24) is 0 Å². The molecule has 0 fully saturated rings. The van der Waals surface area contributed by atoms with E-state index in [2.05, 4.69) is 13.8 Å². The highest BCUT2D eigenvalue weighted by atomic mass is 16.5. The molecule has 0 bridgehead atoms. The summed E-state index contributed by atoms with van der Waals surface area (Å²) in [6.45, 7) is 4.83. The molecule has 0 aliphatic rings. The Hall–Kier alpha value is -3.28. The topological polar surface area (TPSA) is 93.1 Å². The number of methoxy groups -OCH3 is 1. The summed E-state index contributed by atoms with van der Waals surface area (Å²) in [6.07, 6.45) is 7.79. The zero-order valence-electron chi connectivity index (χ0n) is 18.4. The van der Waals surface area contributed by atoms with E-state index in [1.54, 1.807) is 25.3 Å². The number of esters is 1.